The van der Waals surface area contributed by atoms with Crippen molar-refractivity contribution in [2.45, 2.75) is 182 Å². The van der Waals surface area contributed by atoms with Crippen LogP contribution in [0.2, 0.25) is 0 Å². The molecule has 0 N–H and O–H groups in total. The third-order valence-corrected chi connectivity index (χ3v) is 13.6. The summed E-state index contributed by atoms with van der Waals surface area (Å²) in [5.41, 5.74) is 4.62. The van der Waals surface area contributed by atoms with Crippen LogP contribution in [0.1, 0.15) is 182 Å². The molecule has 0 aliphatic carbocycles. The zero-order valence-corrected chi connectivity index (χ0v) is 43.3. The molecule has 0 heterocycles. The zero-order chi connectivity index (χ0) is 45.2. The number of unbranched alkanes of at least 4 members (excludes halogenated alkanes) is 20. The molecule has 4 nitrogen and oxygen atoms in total. The van der Waals surface area contributed by atoms with Gasteiger partial charge in [0.2, 0.25) is 0 Å². The average Bonchev–Trinajstić information content (AvgIpc) is 3.30. The minimum absolute atomic E-state index is 0.668. The second kappa shape index (κ2) is 30.1. The number of benzene rings is 5. The smallest absolute Gasteiger partial charge is 0.161 e. The SMILES string of the molecule is CCCCCCCCOc1cc2c(-c3ccc(Br)cc3)c3cc(OCCCCCCCC)c(OCCCCCCCC)cc3c(-c3ccc(Br)cc3)c2cc1OCCCCCCCC. The van der Waals surface area contributed by atoms with E-state index in [1.807, 2.05) is 0 Å². The minimum atomic E-state index is 0.668. The normalized spacial score (nSPS) is 11.5. The molecule has 0 radical (unpaired) electrons. The van der Waals surface area contributed by atoms with Crippen LogP contribution < -0.4 is 18.9 Å². The Bertz CT molecular complexity index is 1810. The van der Waals surface area contributed by atoms with Gasteiger partial charge in [-0.3, -0.25) is 0 Å². The van der Waals surface area contributed by atoms with Crippen molar-refractivity contribution in [2.75, 3.05) is 26.4 Å². The Morgan fingerprint density at radius 3 is 0.750 bits per heavy atom. The predicted octanol–water partition coefficient (Wildman–Crippen LogP) is 19.8. The molecule has 350 valence electrons. The summed E-state index contributed by atoms with van der Waals surface area (Å²) in [4.78, 5) is 0. The van der Waals surface area contributed by atoms with Crippen LogP contribution in [-0.2, 0) is 0 Å². The van der Waals surface area contributed by atoms with E-state index in [0.29, 0.717) is 26.4 Å². The highest BCUT2D eigenvalue weighted by molar-refractivity contribution is 9.10. The molecule has 0 aromatic heterocycles. The van der Waals surface area contributed by atoms with Crippen LogP contribution in [0.15, 0.2) is 81.7 Å². The second-order valence-corrected chi connectivity index (χ2v) is 19.7. The maximum Gasteiger partial charge on any atom is 0.161 e. The van der Waals surface area contributed by atoms with E-state index in [1.54, 1.807) is 0 Å². The number of halogens is 2. The van der Waals surface area contributed by atoms with Crippen LogP contribution in [0.25, 0.3) is 43.8 Å². The van der Waals surface area contributed by atoms with Gasteiger partial charge in [0.15, 0.2) is 23.0 Å². The summed E-state index contributed by atoms with van der Waals surface area (Å²) in [6, 6.07) is 26.7. The molecule has 5 aromatic rings. The molecule has 5 rings (SSSR count). The summed E-state index contributed by atoms with van der Waals surface area (Å²) in [7, 11) is 0. The average molecular weight is 1000 g/mol. The van der Waals surface area contributed by atoms with Gasteiger partial charge < -0.3 is 18.9 Å². The fraction of sp³-hybridized carbons (Fsp3) is 0.552. The number of fused-ring (bicyclic) bond motifs is 2. The van der Waals surface area contributed by atoms with Gasteiger partial charge in [0, 0.05) is 8.95 Å². The Balaban J connectivity index is 1.68. The Labute approximate surface area is 405 Å². The summed E-state index contributed by atoms with van der Waals surface area (Å²) in [6.07, 6.45) is 29.2. The molecule has 0 unspecified atom stereocenters. The Morgan fingerprint density at radius 1 is 0.297 bits per heavy atom. The van der Waals surface area contributed by atoms with Crippen molar-refractivity contribution in [1.82, 2.24) is 0 Å². The van der Waals surface area contributed by atoms with Crippen LogP contribution >= 0.6 is 31.9 Å². The molecule has 0 aliphatic rings. The lowest BCUT2D eigenvalue weighted by Crippen LogP contribution is -2.05. The van der Waals surface area contributed by atoms with Crippen molar-refractivity contribution in [3.63, 3.8) is 0 Å². The lowest BCUT2D eigenvalue weighted by Gasteiger charge is -2.23. The van der Waals surface area contributed by atoms with Gasteiger partial charge in [-0.05, 0) is 118 Å². The lowest BCUT2D eigenvalue weighted by molar-refractivity contribution is 0.259. The largest absolute Gasteiger partial charge is 0.490 e. The van der Waals surface area contributed by atoms with Gasteiger partial charge >= 0.3 is 0 Å². The third-order valence-electron chi connectivity index (χ3n) is 12.5. The van der Waals surface area contributed by atoms with Crippen molar-refractivity contribution >= 4 is 53.4 Å². The van der Waals surface area contributed by atoms with Gasteiger partial charge in [0.25, 0.3) is 0 Å². The van der Waals surface area contributed by atoms with Gasteiger partial charge in [-0.15, -0.1) is 0 Å². The summed E-state index contributed by atoms with van der Waals surface area (Å²) in [6.45, 7) is 11.8. The molecular formula is C58H80Br2O4. The Morgan fingerprint density at radius 2 is 0.516 bits per heavy atom. The number of ether oxygens (including phenoxy) is 4. The monoisotopic (exact) mass is 998 g/mol. The molecule has 0 atom stereocenters. The van der Waals surface area contributed by atoms with Crippen molar-refractivity contribution < 1.29 is 18.9 Å². The first-order valence-corrected chi connectivity index (χ1v) is 27.2. The first-order chi connectivity index (χ1) is 31.5. The maximum atomic E-state index is 6.79. The van der Waals surface area contributed by atoms with E-state index in [0.717, 1.165) is 101 Å². The molecule has 0 amide bonds. The van der Waals surface area contributed by atoms with Gasteiger partial charge in [0.05, 0.1) is 26.4 Å². The summed E-state index contributed by atoms with van der Waals surface area (Å²) in [5, 5.41) is 4.56. The van der Waals surface area contributed by atoms with Crippen LogP contribution in [0.4, 0.5) is 0 Å². The van der Waals surface area contributed by atoms with Crippen LogP contribution in [0.3, 0.4) is 0 Å². The summed E-state index contributed by atoms with van der Waals surface area (Å²) >= 11 is 7.47. The maximum absolute atomic E-state index is 6.79. The minimum Gasteiger partial charge on any atom is -0.490 e. The number of rotatable bonds is 34. The van der Waals surface area contributed by atoms with E-state index in [9.17, 15) is 0 Å². The summed E-state index contributed by atoms with van der Waals surface area (Å²) in [5.74, 6) is 3.30. The quantitative estimate of drug-likeness (QED) is 0.0304. The second-order valence-electron chi connectivity index (χ2n) is 17.9. The van der Waals surface area contributed by atoms with Gasteiger partial charge in [-0.2, -0.15) is 0 Å². The zero-order valence-electron chi connectivity index (χ0n) is 40.1. The number of hydrogen-bond donors (Lipinski definition) is 0. The van der Waals surface area contributed by atoms with Gasteiger partial charge in [0.1, 0.15) is 0 Å². The fourth-order valence-electron chi connectivity index (χ4n) is 8.80. The van der Waals surface area contributed by atoms with E-state index in [-0.39, 0.29) is 0 Å². The van der Waals surface area contributed by atoms with E-state index < -0.39 is 0 Å². The van der Waals surface area contributed by atoms with E-state index in [4.69, 9.17) is 18.9 Å². The lowest BCUT2D eigenvalue weighted by atomic mass is 9.85. The number of hydrogen-bond acceptors (Lipinski definition) is 4. The van der Waals surface area contributed by atoms with Crippen molar-refractivity contribution in [3.05, 3.63) is 81.7 Å². The molecule has 0 saturated heterocycles. The summed E-state index contributed by atoms with van der Waals surface area (Å²) < 4.78 is 29.3. The highest BCUT2D eigenvalue weighted by Gasteiger charge is 2.23. The molecule has 0 bridgehead atoms. The Hall–Kier alpha value is -3.22. The van der Waals surface area contributed by atoms with Crippen molar-refractivity contribution in [3.8, 4) is 45.3 Å². The molecule has 0 spiro atoms. The predicted molar refractivity (Wildman–Crippen MR) is 283 cm³/mol. The molecular weight excluding hydrogens is 920 g/mol. The van der Waals surface area contributed by atoms with Crippen LogP contribution in [-0.4, -0.2) is 26.4 Å². The topological polar surface area (TPSA) is 36.9 Å². The van der Waals surface area contributed by atoms with E-state index in [1.165, 1.54) is 128 Å². The highest BCUT2D eigenvalue weighted by Crippen LogP contribution is 2.50. The van der Waals surface area contributed by atoms with Crippen LogP contribution in [0.5, 0.6) is 23.0 Å². The molecule has 5 aromatic carbocycles. The molecule has 6 heteroatoms. The highest BCUT2D eigenvalue weighted by atomic mass is 79.9. The Kier molecular flexibility index (Phi) is 24.4. The molecule has 0 fully saturated rings. The third kappa shape index (κ3) is 16.6. The van der Waals surface area contributed by atoms with Gasteiger partial charge in [-0.1, -0.05) is 212 Å². The fourth-order valence-corrected chi connectivity index (χ4v) is 9.33. The first kappa shape index (κ1) is 51.8. The van der Waals surface area contributed by atoms with Crippen LogP contribution in [0, 0.1) is 0 Å². The van der Waals surface area contributed by atoms with Crippen molar-refractivity contribution in [1.29, 1.82) is 0 Å². The molecule has 0 saturated carbocycles. The van der Waals surface area contributed by atoms with Gasteiger partial charge in [-0.25, -0.2) is 0 Å². The van der Waals surface area contributed by atoms with Crippen molar-refractivity contribution in [2.24, 2.45) is 0 Å². The van der Waals surface area contributed by atoms with E-state index in [2.05, 4.69) is 132 Å². The molecule has 0 aliphatic heterocycles. The molecule has 64 heavy (non-hydrogen) atoms. The first-order valence-electron chi connectivity index (χ1n) is 25.6. The van der Waals surface area contributed by atoms with E-state index >= 15 is 0 Å². The standard InChI is InChI=1S/C58H80Br2O4/c1-5-9-13-17-21-25-37-61-53-41-49-50(42-54(53)62-38-26-22-18-14-10-6-2)58(46-31-35-48(60)36-32-46)52-44-56(64-40-28-24-20-16-12-8-4)55(63-39-27-23-19-15-11-7-3)43-51(52)57(49)45-29-33-47(59)34-30-45/h29-36,41-44H,5-28,37-40H2,1-4H3.